The summed E-state index contributed by atoms with van der Waals surface area (Å²) >= 11 is 0. The van der Waals surface area contributed by atoms with Crippen LogP contribution in [0.25, 0.3) is 0 Å². The Morgan fingerprint density at radius 1 is 1.46 bits per heavy atom. The molecule has 0 aromatic carbocycles. The SMILES string of the molecule is NC[C@]12C[C@H](CO)[C@H](O1)[C@H](O)[C@@H]2O. The third-order valence-electron chi connectivity index (χ3n) is 3.22. The van der Waals surface area contributed by atoms with Crippen LogP contribution < -0.4 is 5.73 Å². The van der Waals surface area contributed by atoms with Crippen LogP contribution in [0.3, 0.4) is 0 Å². The van der Waals surface area contributed by atoms with Crippen molar-refractivity contribution in [1.29, 1.82) is 0 Å². The molecule has 0 unspecified atom stereocenters. The van der Waals surface area contributed by atoms with Gasteiger partial charge >= 0.3 is 0 Å². The minimum Gasteiger partial charge on any atom is -0.396 e. The number of ether oxygens (including phenoxy) is 1. The van der Waals surface area contributed by atoms with Crippen LogP contribution in [0.2, 0.25) is 0 Å². The summed E-state index contributed by atoms with van der Waals surface area (Å²) in [6.45, 7) is 0.147. The normalized spacial score (nSPS) is 54.5. The summed E-state index contributed by atoms with van der Waals surface area (Å²) in [4.78, 5) is 0. The molecule has 2 saturated heterocycles. The van der Waals surface area contributed by atoms with Crippen molar-refractivity contribution in [3.05, 3.63) is 0 Å². The van der Waals surface area contributed by atoms with Gasteiger partial charge in [0.2, 0.25) is 0 Å². The van der Waals surface area contributed by atoms with Gasteiger partial charge in [-0.2, -0.15) is 0 Å². The predicted molar refractivity (Wildman–Crippen MR) is 43.9 cm³/mol. The molecule has 2 heterocycles. The first kappa shape index (κ1) is 9.36. The first-order valence-corrected chi connectivity index (χ1v) is 4.49. The van der Waals surface area contributed by atoms with E-state index in [0.29, 0.717) is 6.42 Å². The average Bonchev–Trinajstić information content (AvgIpc) is 2.64. The lowest BCUT2D eigenvalue weighted by molar-refractivity contribution is -0.0478. The van der Waals surface area contributed by atoms with Gasteiger partial charge in [0.1, 0.15) is 17.8 Å². The number of hydrogen-bond acceptors (Lipinski definition) is 5. The van der Waals surface area contributed by atoms with Gasteiger partial charge in [-0.25, -0.2) is 0 Å². The van der Waals surface area contributed by atoms with E-state index in [0.717, 1.165) is 0 Å². The first-order valence-electron chi connectivity index (χ1n) is 4.49. The molecule has 2 aliphatic rings. The van der Waals surface area contributed by atoms with Gasteiger partial charge in [0, 0.05) is 19.1 Å². The van der Waals surface area contributed by atoms with E-state index in [1.165, 1.54) is 0 Å². The van der Waals surface area contributed by atoms with Gasteiger partial charge in [-0.05, 0) is 6.42 Å². The van der Waals surface area contributed by atoms with E-state index in [9.17, 15) is 10.2 Å². The highest BCUT2D eigenvalue weighted by Gasteiger charge is 2.61. The quantitative estimate of drug-likeness (QED) is 0.396. The van der Waals surface area contributed by atoms with E-state index in [4.69, 9.17) is 15.6 Å². The predicted octanol–water partition coefficient (Wildman–Crippen LogP) is -2.18. The van der Waals surface area contributed by atoms with Crippen LogP contribution in [-0.2, 0) is 4.74 Å². The van der Waals surface area contributed by atoms with Crippen LogP contribution in [0.5, 0.6) is 0 Å². The summed E-state index contributed by atoms with van der Waals surface area (Å²) in [5.41, 5.74) is 4.68. The Morgan fingerprint density at radius 3 is 2.62 bits per heavy atom. The molecule has 0 spiro atoms. The van der Waals surface area contributed by atoms with Gasteiger partial charge in [-0.15, -0.1) is 0 Å². The van der Waals surface area contributed by atoms with Crippen LogP contribution in [0.15, 0.2) is 0 Å². The van der Waals surface area contributed by atoms with Crippen molar-refractivity contribution in [3.63, 3.8) is 0 Å². The lowest BCUT2D eigenvalue weighted by Gasteiger charge is -2.32. The zero-order chi connectivity index (χ0) is 9.64. The molecule has 5 N–H and O–H groups in total. The fourth-order valence-electron chi connectivity index (χ4n) is 2.43. The second-order valence-corrected chi connectivity index (χ2v) is 3.93. The van der Waals surface area contributed by atoms with Crippen LogP contribution >= 0.6 is 0 Å². The summed E-state index contributed by atoms with van der Waals surface area (Å²) in [5.74, 6) is -0.0954. The molecule has 5 atom stereocenters. The standard InChI is InChI=1S/C8H15NO4/c9-3-8-1-4(2-10)6(13-8)5(11)7(8)12/h4-7,10-12H,1-3,9H2/t4-,5+,6+,7+,8+/m1/s1. The van der Waals surface area contributed by atoms with Gasteiger partial charge in [0.25, 0.3) is 0 Å². The van der Waals surface area contributed by atoms with Crippen molar-refractivity contribution in [2.75, 3.05) is 13.2 Å². The number of hydrogen-bond donors (Lipinski definition) is 4. The number of nitrogens with two attached hydrogens (primary N) is 1. The molecule has 0 saturated carbocycles. The molecular weight excluding hydrogens is 174 g/mol. The van der Waals surface area contributed by atoms with E-state index in [2.05, 4.69) is 0 Å². The highest BCUT2D eigenvalue weighted by atomic mass is 16.6. The van der Waals surface area contributed by atoms with Crippen LogP contribution in [0.4, 0.5) is 0 Å². The Kier molecular flexibility index (Phi) is 2.08. The molecule has 76 valence electrons. The molecule has 0 radical (unpaired) electrons. The maximum absolute atomic E-state index is 9.62. The zero-order valence-electron chi connectivity index (χ0n) is 7.26. The second kappa shape index (κ2) is 2.90. The monoisotopic (exact) mass is 189 g/mol. The van der Waals surface area contributed by atoms with Gasteiger partial charge in [-0.1, -0.05) is 0 Å². The maximum Gasteiger partial charge on any atom is 0.113 e. The number of rotatable bonds is 2. The Labute approximate surface area is 76.1 Å². The third-order valence-corrected chi connectivity index (χ3v) is 3.22. The first-order chi connectivity index (χ1) is 6.14. The van der Waals surface area contributed by atoms with E-state index in [-0.39, 0.29) is 19.1 Å². The second-order valence-electron chi connectivity index (χ2n) is 3.93. The summed E-state index contributed by atoms with van der Waals surface area (Å²) in [7, 11) is 0. The average molecular weight is 189 g/mol. The lowest BCUT2D eigenvalue weighted by atomic mass is 9.78. The van der Waals surface area contributed by atoms with Gasteiger partial charge in [0.15, 0.2) is 0 Å². The Morgan fingerprint density at radius 2 is 2.15 bits per heavy atom. The van der Waals surface area contributed by atoms with Crippen molar-refractivity contribution in [2.45, 2.75) is 30.3 Å². The summed E-state index contributed by atoms with van der Waals surface area (Å²) < 4.78 is 5.45. The number of aliphatic hydroxyl groups excluding tert-OH is 3. The van der Waals surface area contributed by atoms with Crippen LogP contribution in [0, 0.1) is 5.92 Å². The Bertz CT molecular complexity index is 206. The maximum atomic E-state index is 9.62. The topological polar surface area (TPSA) is 95.9 Å². The largest absolute Gasteiger partial charge is 0.396 e. The fourth-order valence-corrected chi connectivity index (χ4v) is 2.43. The number of fused-ring (bicyclic) bond motifs is 2. The molecule has 13 heavy (non-hydrogen) atoms. The molecule has 2 aliphatic heterocycles. The Hall–Kier alpha value is -0.200. The smallest absolute Gasteiger partial charge is 0.113 e. The highest BCUT2D eigenvalue weighted by Crippen LogP contribution is 2.46. The molecule has 5 nitrogen and oxygen atoms in total. The minimum atomic E-state index is -0.912. The van der Waals surface area contributed by atoms with Crippen molar-refractivity contribution in [1.82, 2.24) is 0 Å². The van der Waals surface area contributed by atoms with Crippen LogP contribution in [0.1, 0.15) is 6.42 Å². The van der Waals surface area contributed by atoms with Gasteiger partial charge in [0.05, 0.1) is 6.10 Å². The van der Waals surface area contributed by atoms with Crippen LogP contribution in [-0.4, -0.2) is 52.4 Å². The summed E-state index contributed by atoms with van der Waals surface area (Å²) in [5, 5.41) is 28.1. The van der Waals surface area contributed by atoms with Crippen molar-refractivity contribution >= 4 is 0 Å². The molecule has 0 aromatic heterocycles. The molecule has 0 aromatic rings. The van der Waals surface area contributed by atoms with Crippen molar-refractivity contribution in [2.24, 2.45) is 11.7 Å². The van der Waals surface area contributed by atoms with E-state index in [1.807, 2.05) is 0 Å². The summed E-state index contributed by atoms with van der Waals surface area (Å²) in [6.07, 6.45) is -1.74. The summed E-state index contributed by atoms with van der Waals surface area (Å²) in [6, 6.07) is 0. The fraction of sp³-hybridized carbons (Fsp3) is 1.00. The minimum absolute atomic E-state index is 0.0316. The molecule has 5 heteroatoms. The lowest BCUT2D eigenvalue weighted by Crippen LogP contribution is -2.52. The number of aliphatic hydroxyl groups is 3. The Balaban J connectivity index is 2.22. The van der Waals surface area contributed by atoms with E-state index in [1.54, 1.807) is 0 Å². The molecular formula is C8H15NO4. The molecule has 0 aliphatic carbocycles. The van der Waals surface area contributed by atoms with Gasteiger partial charge < -0.3 is 25.8 Å². The van der Waals surface area contributed by atoms with Crippen molar-refractivity contribution < 1.29 is 20.1 Å². The van der Waals surface area contributed by atoms with E-state index < -0.39 is 23.9 Å². The molecule has 2 rings (SSSR count). The van der Waals surface area contributed by atoms with Gasteiger partial charge in [-0.3, -0.25) is 0 Å². The zero-order valence-corrected chi connectivity index (χ0v) is 7.26. The third kappa shape index (κ3) is 1.05. The molecule has 2 bridgehead atoms. The highest BCUT2D eigenvalue weighted by molar-refractivity contribution is 5.11. The molecule has 2 fully saturated rings. The molecule has 0 amide bonds. The van der Waals surface area contributed by atoms with E-state index >= 15 is 0 Å². The van der Waals surface area contributed by atoms with Crippen molar-refractivity contribution in [3.8, 4) is 0 Å².